The number of oxazole rings is 1. The molecule has 0 radical (unpaired) electrons. The monoisotopic (exact) mass is 412 g/mol. The largest absolute Gasteiger partial charge is 0.419 e. The van der Waals surface area contributed by atoms with E-state index in [2.05, 4.69) is 4.98 Å². The van der Waals surface area contributed by atoms with Gasteiger partial charge in [0.05, 0.1) is 17.1 Å². The fourth-order valence-corrected chi connectivity index (χ4v) is 4.97. The first kappa shape index (κ1) is 19.7. The van der Waals surface area contributed by atoms with Gasteiger partial charge in [0.15, 0.2) is 0 Å². The van der Waals surface area contributed by atoms with Gasteiger partial charge in [-0.3, -0.25) is 0 Å². The van der Waals surface area contributed by atoms with Crippen LogP contribution in [-0.4, -0.2) is 38.7 Å². The van der Waals surface area contributed by atoms with Crippen molar-refractivity contribution in [2.45, 2.75) is 42.9 Å². The van der Waals surface area contributed by atoms with E-state index in [0.717, 1.165) is 11.1 Å². The Bertz CT molecular complexity index is 1100. The topological polar surface area (TPSA) is 72.6 Å². The summed E-state index contributed by atoms with van der Waals surface area (Å²) in [6.45, 7) is 6.96. The Morgan fingerprint density at radius 1 is 1.00 bits per heavy atom. The van der Waals surface area contributed by atoms with Crippen LogP contribution < -0.4 is 4.90 Å². The van der Waals surface area contributed by atoms with Crippen LogP contribution in [0.25, 0.3) is 11.5 Å². The van der Waals surface area contributed by atoms with Gasteiger partial charge >= 0.3 is 0 Å². The molecule has 3 aromatic rings. The number of aromatic nitrogens is 1. The molecule has 0 unspecified atom stereocenters. The Balaban J connectivity index is 1.86. The predicted octanol–water partition coefficient (Wildman–Crippen LogP) is 4.10. The molecule has 1 aromatic heterocycles. The van der Waals surface area contributed by atoms with E-state index >= 15 is 0 Å². The molecule has 1 aliphatic heterocycles. The van der Waals surface area contributed by atoms with Crippen molar-refractivity contribution in [3.8, 4) is 11.5 Å². The molecule has 4 rings (SSSR count). The third kappa shape index (κ3) is 3.93. The van der Waals surface area contributed by atoms with Gasteiger partial charge in [-0.25, -0.2) is 8.42 Å². The van der Waals surface area contributed by atoms with Gasteiger partial charge in [0.25, 0.3) is 0 Å². The maximum atomic E-state index is 13.4. The molecule has 0 amide bonds. The highest BCUT2D eigenvalue weighted by Crippen LogP contribution is 2.36. The van der Waals surface area contributed by atoms with E-state index in [1.807, 2.05) is 49.9 Å². The van der Waals surface area contributed by atoms with Gasteiger partial charge in [-0.15, -0.1) is 0 Å². The number of anilines is 1. The van der Waals surface area contributed by atoms with E-state index < -0.39 is 9.84 Å². The van der Waals surface area contributed by atoms with E-state index in [9.17, 15) is 8.42 Å². The van der Waals surface area contributed by atoms with E-state index in [1.165, 1.54) is 0 Å². The highest BCUT2D eigenvalue weighted by atomic mass is 32.2. The van der Waals surface area contributed by atoms with E-state index in [0.29, 0.717) is 19.0 Å². The molecule has 0 bridgehead atoms. The molecule has 0 N–H and O–H groups in total. The summed E-state index contributed by atoms with van der Waals surface area (Å²) in [5, 5.41) is -0.0542. The van der Waals surface area contributed by atoms with Gasteiger partial charge in [0, 0.05) is 18.7 Å². The van der Waals surface area contributed by atoms with Gasteiger partial charge in [0.1, 0.15) is 0 Å². The standard InChI is InChI=1S/C22H24N2O4S/c1-15-8-7-9-18(12-15)20-23-21(29(25,26)19-10-5-4-6-11-19)22(28-20)24-13-16(2)27-17(3)14-24/h4-12,16-17H,13-14H2,1-3H3/t16-,17+. The minimum Gasteiger partial charge on any atom is -0.419 e. The molecule has 1 fully saturated rings. The van der Waals surface area contributed by atoms with Crippen molar-refractivity contribution in [1.82, 2.24) is 4.98 Å². The van der Waals surface area contributed by atoms with Gasteiger partial charge < -0.3 is 14.1 Å². The summed E-state index contributed by atoms with van der Waals surface area (Å²) in [5.74, 6) is 0.567. The molecular formula is C22H24N2O4S. The maximum Gasteiger partial charge on any atom is 0.236 e. The lowest BCUT2D eigenvalue weighted by atomic mass is 10.1. The molecule has 1 saturated heterocycles. The van der Waals surface area contributed by atoms with E-state index in [1.54, 1.807) is 30.3 Å². The Labute approximate surface area is 171 Å². The zero-order chi connectivity index (χ0) is 20.6. The van der Waals surface area contributed by atoms with Crippen LogP contribution in [0.2, 0.25) is 0 Å². The van der Waals surface area contributed by atoms with Gasteiger partial charge in [0.2, 0.25) is 26.6 Å². The molecule has 6 nitrogen and oxygen atoms in total. The number of hydrogen-bond acceptors (Lipinski definition) is 6. The van der Waals surface area contributed by atoms with Crippen molar-refractivity contribution in [2.75, 3.05) is 18.0 Å². The summed E-state index contributed by atoms with van der Waals surface area (Å²) in [6.07, 6.45) is -0.0860. The third-order valence-electron chi connectivity index (χ3n) is 4.86. The molecule has 0 aliphatic carbocycles. The summed E-state index contributed by atoms with van der Waals surface area (Å²) in [6, 6.07) is 16.0. The maximum absolute atomic E-state index is 13.4. The van der Waals surface area contributed by atoms with Gasteiger partial charge in [-0.2, -0.15) is 4.98 Å². The number of morpholine rings is 1. The third-order valence-corrected chi connectivity index (χ3v) is 6.53. The van der Waals surface area contributed by atoms with Gasteiger partial charge in [-0.1, -0.05) is 35.9 Å². The van der Waals surface area contributed by atoms with Crippen molar-refractivity contribution in [3.63, 3.8) is 0 Å². The number of rotatable bonds is 4. The number of hydrogen-bond donors (Lipinski definition) is 0. The molecule has 0 spiro atoms. The molecule has 1 aliphatic rings. The zero-order valence-electron chi connectivity index (χ0n) is 16.7. The van der Waals surface area contributed by atoms with Crippen molar-refractivity contribution in [2.24, 2.45) is 0 Å². The first-order valence-corrected chi connectivity index (χ1v) is 11.1. The van der Waals surface area contributed by atoms with Gasteiger partial charge in [-0.05, 0) is 45.0 Å². The number of aryl methyl sites for hydroxylation is 1. The predicted molar refractivity (Wildman–Crippen MR) is 111 cm³/mol. The van der Waals surface area contributed by atoms with Crippen LogP contribution in [0, 0.1) is 6.92 Å². The molecule has 152 valence electrons. The molecule has 0 saturated carbocycles. The quantitative estimate of drug-likeness (QED) is 0.642. The summed E-state index contributed by atoms with van der Waals surface area (Å²) >= 11 is 0. The summed E-state index contributed by atoms with van der Waals surface area (Å²) in [7, 11) is -3.84. The second-order valence-electron chi connectivity index (χ2n) is 7.48. The molecular weight excluding hydrogens is 388 g/mol. The smallest absolute Gasteiger partial charge is 0.236 e. The first-order chi connectivity index (χ1) is 13.8. The normalized spacial score (nSPS) is 20.0. The molecule has 29 heavy (non-hydrogen) atoms. The van der Waals surface area contributed by atoms with Crippen LogP contribution in [0.4, 0.5) is 5.88 Å². The minimum absolute atomic E-state index is 0.0430. The molecule has 2 atom stereocenters. The number of ether oxygens (including phenoxy) is 1. The summed E-state index contributed by atoms with van der Waals surface area (Å²) in [5.41, 5.74) is 1.79. The Hall–Kier alpha value is -2.64. The van der Waals surface area contributed by atoms with Crippen molar-refractivity contribution >= 4 is 15.7 Å². The number of nitrogens with zero attached hydrogens (tertiary/aromatic N) is 2. The number of benzene rings is 2. The lowest BCUT2D eigenvalue weighted by molar-refractivity contribution is -0.00657. The van der Waals surface area contributed by atoms with Crippen LogP contribution in [0.15, 0.2) is 68.9 Å². The van der Waals surface area contributed by atoms with Crippen LogP contribution >= 0.6 is 0 Å². The average Bonchev–Trinajstić information content (AvgIpc) is 3.14. The fraction of sp³-hybridized carbons (Fsp3) is 0.318. The van der Waals surface area contributed by atoms with Crippen molar-refractivity contribution < 1.29 is 17.6 Å². The summed E-state index contributed by atoms with van der Waals surface area (Å²) < 4.78 is 38.7. The Kier molecular flexibility index (Phi) is 5.19. The zero-order valence-corrected chi connectivity index (χ0v) is 17.5. The molecule has 2 heterocycles. The highest BCUT2D eigenvalue weighted by Gasteiger charge is 2.34. The van der Waals surface area contributed by atoms with Crippen LogP contribution in [0.1, 0.15) is 19.4 Å². The van der Waals surface area contributed by atoms with Crippen LogP contribution in [-0.2, 0) is 14.6 Å². The van der Waals surface area contributed by atoms with E-state index in [-0.39, 0.29) is 28.0 Å². The van der Waals surface area contributed by atoms with Crippen LogP contribution in [0.3, 0.4) is 0 Å². The lowest BCUT2D eigenvalue weighted by Crippen LogP contribution is -2.45. The summed E-state index contributed by atoms with van der Waals surface area (Å²) in [4.78, 5) is 6.57. The minimum atomic E-state index is -3.84. The lowest BCUT2D eigenvalue weighted by Gasteiger charge is -2.35. The van der Waals surface area contributed by atoms with Crippen LogP contribution in [0.5, 0.6) is 0 Å². The molecule has 7 heteroatoms. The second kappa shape index (κ2) is 7.65. The van der Waals surface area contributed by atoms with Crippen molar-refractivity contribution in [3.05, 3.63) is 60.2 Å². The average molecular weight is 413 g/mol. The second-order valence-corrected chi connectivity index (χ2v) is 9.34. The Morgan fingerprint density at radius 3 is 2.34 bits per heavy atom. The molecule has 2 aromatic carbocycles. The van der Waals surface area contributed by atoms with Crippen molar-refractivity contribution in [1.29, 1.82) is 0 Å². The first-order valence-electron chi connectivity index (χ1n) is 9.63. The SMILES string of the molecule is Cc1cccc(-c2nc(S(=O)(=O)c3ccccc3)c(N3C[C@@H](C)O[C@@H](C)C3)o2)c1. The van der Waals surface area contributed by atoms with E-state index in [4.69, 9.17) is 9.15 Å². The highest BCUT2D eigenvalue weighted by molar-refractivity contribution is 7.91. The number of sulfone groups is 1. The Morgan fingerprint density at radius 2 is 1.69 bits per heavy atom. The fourth-order valence-electron chi connectivity index (χ4n) is 3.63.